The van der Waals surface area contributed by atoms with E-state index < -0.39 is 11.3 Å². The highest BCUT2D eigenvalue weighted by molar-refractivity contribution is 5.69. The zero-order valence-electron chi connectivity index (χ0n) is 21.7. The number of benzene rings is 1. The van der Waals surface area contributed by atoms with Gasteiger partial charge in [-0.1, -0.05) is 62.4 Å². The van der Waals surface area contributed by atoms with Gasteiger partial charge in [0.15, 0.2) is 0 Å². The second-order valence-electron chi connectivity index (χ2n) is 13.8. The van der Waals surface area contributed by atoms with Crippen LogP contribution in [0.25, 0.3) is 0 Å². The van der Waals surface area contributed by atoms with E-state index in [1.807, 2.05) is 20.8 Å². The Morgan fingerprint density at radius 3 is 2.21 bits per heavy atom. The Kier molecular flexibility index (Phi) is 5.37. The molecule has 3 unspecified atom stereocenters. The van der Waals surface area contributed by atoms with Crippen molar-refractivity contribution in [2.45, 2.75) is 103 Å². The van der Waals surface area contributed by atoms with E-state index in [1.165, 1.54) is 37.7 Å². The first-order valence-corrected chi connectivity index (χ1v) is 13.0. The van der Waals surface area contributed by atoms with E-state index in [9.17, 15) is 4.79 Å². The van der Waals surface area contributed by atoms with Crippen LogP contribution in [0.3, 0.4) is 0 Å². The molecular weight excluding hydrogens is 420 g/mol. The van der Waals surface area contributed by atoms with Crippen LogP contribution in [0.1, 0.15) is 85.1 Å². The Hall–Kier alpha value is -2.07. The number of alkyl carbamates (subject to hydrolysis) is 1. The van der Waals surface area contributed by atoms with Crippen LogP contribution in [-0.4, -0.2) is 22.9 Å². The second kappa shape index (κ2) is 7.71. The Morgan fingerprint density at radius 1 is 0.941 bits per heavy atom. The predicted octanol–water partition coefficient (Wildman–Crippen LogP) is 6.68. The first-order chi connectivity index (χ1) is 15.8. The van der Waals surface area contributed by atoms with Crippen molar-refractivity contribution >= 4 is 6.09 Å². The van der Waals surface area contributed by atoms with Gasteiger partial charge in [-0.3, -0.25) is 10.6 Å². The summed E-state index contributed by atoms with van der Waals surface area (Å²) in [4.78, 5) is 12.9. The summed E-state index contributed by atoms with van der Waals surface area (Å²) in [6.07, 6.45) is 17.3. The molecular formula is C30H42N2O2. The normalized spacial score (nSPS) is 40.4. The van der Waals surface area contributed by atoms with Gasteiger partial charge in [0.25, 0.3) is 0 Å². The molecule has 0 radical (unpaired) electrons. The van der Waals surface area contributed by atoms with E-state index in [0.29, 0.717) is 16.2 Å². The molecule has 0 aliphatic heterocycles. The lowest BCUT2D eigenvalue weighted by molar-refractivity contribution is -0.170. The lowest BCUT2D eigenvalue weighted by Gasteiger charge is -2.71. The molecule has 3 atom stereocenters. The van der Waals surface area contributed by atoms with Gasteiger partial charge in [-0.2, -0.15) is 0 Å². The molecule has 0 aromatic heterocycles. The second-order valence-corrected chi connectivity index (χ2v) is 13.8. The molecule has 5 aliphatic carbocycles. The predicted molar refractivity (Wildman–Crippen MR) is 137 cm³/mol. The Balaban J connectivity index is 1.46. The van der Waals surface area contributed by atoms with Gasteiger partial charge in [0.2, 0.25) is 0 Å². The Morgan fingerprint density at radius 2 is 1.62 bits per heavy atom. The van der Waals surface area contributed by atoms with Crippen LogP contribution < -0.4 is 10.6 Å². The molecule has 34 heavy (non-hydrogen) atoms. The van der Waals surface area contributed by atoms with Gasteiger partial charge in [0, 0.05) is 12.0 Å². The summed E-state index contributed by atoms with van der Waals surface area (Å²) in [5.74, 6) is 0. The molecule has 4 heteroatoms. The summed E-state index contributed by atoms with van der Waals surface area (Å²) in [5, 5.41) is 7.35. The fraction of sp³-hybridized carbons (Fsp3) is 0.633. The largest absolute Gasteiger partial charge is 0.444 e. The monoisotopic (exact) mass is 462 g/mol. The number of carbonyl (C=O) groups is 1. The van der Waals surface area contributed by atoms with Crippen LogP contribution in [0.15, 0.2) is 54.6 Å². The third-order valence-electron chi connectivity index (χ3n) is 8.40. The topological polar surface area (TPSA) is 50.4 Å². The van der Waals surface area contributed by atoms with E-state index in [1.54, 1.807) is 0 Å². The van der Waals surface area contributed by atoms with Crippen molar-refractivity contribution < 1.29 is 9.53 Å². The molecule has 6 rings (SSSR count). The number of rotatable bonds is 5. The molecule has 0 saturated heterocycles. The van der Waals surface area contributed by atoms with Crippen LogP contribution in [0, 0.1) is 16.2 Å². The van der Waals surface area contributed by atoms with E-state index >= 15 is 0 Å². The summed E-state index contributed by atoms with van der Waals surface area (Å²) in [6, 6.07) is 11.1. The average molecular weight is 463 g/mol. The highest BCUT2D eigenvalue weighted by atomic mass is 16.6. The van der Waals surface area contributed by atoms with E-state index in [-0.39, 0.29) is 11.6 Å². The lowest BCUT2D eigenvalue weighted by atomic mass is 9.37. The number of hydrogen-bond donors (Lipinski definition) is 2. The van der Waals surface area contributed by atoms with E-state index in [0.717, 1.165) is 19.3 Å². The highest BCUT2D eigenvalue weighted by Gasteiger charge is 2.66. The number of allylic oxidation sites excluding steroid dienone is 2. The maximum Gasteiger partial charge on any atom is 0.409 e. The van der Waals surface area contributed by atoms with Crippen molar-refractivity contribution in [1.82, 2.24) is 10.6 Å². The zero-order valence-corrected chi connectivity index (χ0v) is 21.7. The Labute approximate surface area is 205 Å². The first kappa shape index (κ1) is 23.7. The van der Waals surface area contributed by atoms with Gasteiger partial charge >= 0.3 is 6.09 Å². The molecule has 2 N–H and O–H groups in total. The van der Waals surface area contributed by atoms with Gasteiger partial charge in [-0.25, -0.2) is 4.79 Å². The van der Waals surface area contributed by atoms with Gasteiger partial charge in [0.1, 0.15) is 11.3 Å². The van der Waals surface area contributed by atoms with Crippen LogP contribution in [-0.2, 0) is 11.2 Å². The van der Waals surface area contributed by atoms with E-state index in [4.69, 9.17) is 4.74 Å². The molecule has 184 valence electrons. The summed E-state index contributed by atoms with van der Waals surface area (Å²) >= 11 is 0. The van der Waals surface area contributed by atoms with Gasteiger partial charge in [0.05, 0.1) is 0 Å². The molecule has 0 spiro atoms. The maximum absolute atomic E-state index is 12.9. The molecule has 1 amide bonds. The summed E-state index contributed by atoms with van der Waals surface area (Å²) in [6.45, 7) is 10.8. The standard InChI is InChI=1S/C30H42N2O2/c1-25(2,3)34-24(33)31-30(14-10-7-11-15-30)32-29-20-26(4)17-27(5,21-29)19-28(18-26,22-29)16-23-12-8-6-9-13-23/h6-14,32H,15-22H2,1-5H3,(H,31,33). The van der Waals surface area contributed by atoms with Crippen molar-refractivity contribution in [3.8, 4) is 0 Å². The van der Waals surface area contributed by atoms with Crippen molar-refractivity contribution in [2.75, 3.05) is 0 Å². The van der Waals surface area contributed by atoms with Crippen LogP contribution in [0.4, 0.5) is 4.79 Å². The molecule has 1 aromatic rings. The summed E-state index contributed by atoms with van der Waals surface area (Å²) in [5.41, 5.74) is 1.25. The average Bonchev–Trinajstić information content (AvgIpc) is 2.63. The fourth-order valence-electron chi connectivity index (χ4n) is 9.09. The maximum atomic E-state index is 12.9. The minimum absolute atomic E-state index is 0.00242. The zero-order chi connectivity index (χ0) is 24.3. The van der Waals surface area contributed by atoms with Gasteiger partial charge in [-0.05, 0) is 93.6 Å². The lowest BCUT2D eigenvalue weighted by Crippen LogP contribution is -2.74. The third-order valence-corrected chi connectivity index (χ3v) is 8.40. The summed E-state index contributed by atoms with van der Waals surface area (Å²) < 4.78 is 5.68. The number of ether oxygens (including phenoxy) is 1. The van der Waals surface area contributed by atoms with Gasteiger partial charge in [-0.15, -0.1) is 0 Å². The molecule has 4 nitrogen and oxygen atoms in total. The minimum Gasteiger partial charge on any atom is -0.444 e. The third kappa shape index (κ3) is 4.71. The molecule has 4 fully saturated rings. The smallest absolute Gasteiger partial charge is 0.409 e. The van der Waals surface area contributed by atoms with Crippen LogP contribution in [0.5, 0.6) is 0 Å². The van der Waals surface area contributed by atoms with Crippen molar-refractivity contribution in [1.29, 1.82) is 0 Å². The number of amides is 1. The van der Waals surface area contributed by atoms with Crippen LogP contribution >= 0.6 is 0 Å². The Bertz CT molecular complexity index is 986. The minimum atomic E-state index is -0.622. The quantitative estimate of drug-likeness (QED) is 0.480. The molecule has 0 heterocycles. The first-order valence-electron chi connectivity index (χ1n) is 13.0. The number of hydrogen-bond acceptors (Lipinski definition) is 3. The van der Waals surface area contributed by atoms with Crippen molar-refractivity contribution in [3.05, 3.63) is 60.2 Å². The van der Waals surface area contributed by atoms with Crippen LogP contribution in [0.2, 0.25) is 0 Å². The SMILES string of the molecule is CC12CC3(C)CC(Cc4ccccc4)(C1)CC(NC1(NC(=O)OC(C)(C)C)C=CC=CC1)(C2)C3. The highest BCUT2D eigenvalue weighted by Crippen LogP contribution is 2.71. The molecule has 5 aliphatic rings. The van der Waals surface area contributed by atoms with Gasteiger partial charge < -0.3 is 4.74 Å². The number of nitrogens with one attached hydrogen (secondary N) is 2. The summed E-state index contributed by atoms with van der Waals surface area (Å²) in [7, 11) is 0. The fourth-order valence-corrected chi connectivity index (χ4v) is 9.09. The van der Waals surface area contributed by atoms with Crippen molar-refractivity contribution in [3.63, 3.8) is 0 Å². The van der Waals surface area contributed by atoms with E-state index in [2.05, 4.69) is 79.1 Å². The number of carbonyl (C=O) groups excluding carboxylic acids is 1. The molecule has 4 saturated carbocycles. The van der Waals surface area contributed by atoms with Crippen molar-refractivity contribution in [2.24, 2.45) is 16.2 Å². The molecule has 1 aromatic carbocycles. The molecule has 4 bridgehead atoms.